The van der Waals surface area contributed by atoms with E-state index in [1.807, 2.05) is 0 Å². The average molecular weight is 328 g/mol. The fourth-order valence-corrected chi connectivity index (χ4v) is 2.83. The van der Waals surface area contributed by atoms with Crippen molar-refractivity contribution in [2.24, 2.45) is 0 Å². The first kappa shape index (κ1) is 22.6. The molecule has 0 unspecified atom stereocenters. The molecule has 1 rings (SSSR count). The Morgan fingerprint density at radius 1 is 0.700 bits per heavy atom. The van der Waals surface area contributed by atoms with E-state index in [2.05, 4.69) is 0 Å². The van der Waals surface area contributed by atoms with Gasteiger partial charge >= 0.3 is 46.9 Å². The number of rotatable bonds is 0. The van der Waals surface area contributed by atoms with Gasteiger partial charge in [0, 0.05) is 0 Å². The van der Waals surface area contributed by atoms with Crippen LogP contribution in [0.2, 0.25) is 10.6 Å². The van der Waals surface area contributed by atoms with Crippen LogP contribution in [0.5, 0.6) is 0 Å². The van der Waals surface area contributed by atoms with Gasteiger partial charge in [0.1, 0.15) is 0 Å². The summed E-state index contributed by atoms with van der Waals surface area (Å²) < 4.78 is 0. The van der Waals surface area contributed by atoms with E-state index < -0.39 is 0 Å². The van der Waals surface area contributed by atoms with Crippen LogP contribution in [0.3, 0.4) is 0 Å². The van der Waals surface area contributed by atoms with E-state index in [1.54, 1.807) is 23.4 Å². The molecule has 0 atom stereocenters. The Hall–Kier alpha value is 1.84. The molecule has 0 aromatic heterocycles. The Morgan fingerprint density at radius 2 is 1.10 bits per heavy atom. The Morgan fingerprint density at radius 3 is 1.20 bits per heavy atom. The van der Waals surface area contributed by atoms with Gasteiger partial charge in [-0.25, -0.2) is 0 Å². The Labute approximate surface area is 105 Å². The summed E-state index contributed by atoms with van der Waals surface area (Å²) >= 11 is 0.508. The molecule has 0 spiro atoms. The maximum absolute atomic E-state index is 1.64. The van der Waals surface area contributed by atoms with Crippen LogP contribution in [0.25, 0.3) is 0 Å². The summed E-state index contributed by atoms with van der Waals surface area (Å²) in [6.07, 6.45) is 4.66. The molecule has 1 saturated heterocycles. The topological polar surface area (TPSA) is 0 Å². The number of hydrogen-bond donors (Lipinski definition) is 0. The second kappa shape index (κ2) is 17.1. The van der Waals surface area contributed by atoms with Gasteiger partial charge in [-0.2, -0.15) is 0 Å². The molecular formula is C5H11AlF3Yb. The summed E-state index contributed by atoms with van der Waals surface area (Å²) in [5.74, 6) is 0. The smallest absolute Gasteiger partial charge is 1.00 e. The normalized spacial score (nSPS) is 13.6. The summed E-state index contributed by atoms with van der Waals surface area (Å²) in [6, 6.07) is 0. The minimum atomic E-state index is 0. The molecule has 5 heteroatoms. The first-order valence-corrected chi connectivity index (χ1v) is 5.00. The largest absolute Gasteiger partial charge is 3.00 e. The zero-order valence-electron chi connectivity index (χ0n) is 5.64. The van der Waals surface area contributed by atoms with Crippen LogP contribution in [0, 0.1) is 46.9 Å². The maximum atomic E-state index is 1.64. The van der Waals surface area contributed by atoms with E-state index in [9.17, 15) is 0 Å². The van der Waals surface area contributed by atoms with Crippen LogP contribution in [-0.4, -0.2) is 15.2 Å². The molecule has 0 bridgehead atoms. The van der Waals surface area contributed by atoms with Gasteiger partial charge < -0.3 is 14.1 Å². The standard InChI is InChI=1S/C5H10.Al.3FH.Yb.H/c1-3-5-4-2;;;;;;/h1-5H2;;3*1H;;/q;;;;;+3;/p-3. The van der Waals surface area contributed by atoms with Gasteiger partial charge in [0.05, 0.1) is 0 Å². The molecule has 0 saturated carbocycles. The predicted molar refractivity (Wildman–Crippen MR) is 30.6 cm³/mol. The molecular weight excluding hydrogens is 317 g/mol. The second-order valence-corrected chi connectivity index (χ2v) is 4.24. The monoisotopic (exact) mass is 329 g/mol. The fourth-order valence-electron chi connectivity index (χ4n) is 1.06. The molecule has 0 aromatic carbocycles. The van der Waals surface area contributed by atoms with Crippen LogP contribution >= 0.6 is 0 Å². The van der Waals surface area contributed by atoms with Crippen molar-refractivity contribution in [1.29, 1.82) is 0 Å². The molecule has 1 heterocycles. The summed E-state index contributed by atoms with van der Waals surface area (Å²) in [4.78, 5) is 0. The molecule has 1 aliphatic rings. The number of hydrogen-bond acceptors (Lipinski definition) is 0. The summed E-state index contributed by atoms with van der Waals surface area (Å²) in [6.45, 7) is 0. The molecule has 10 heavy (non-hydrogen) atoms. The van der Waals surface area contributed by atoms with Crippen molar-refractivity contribution in [2.45, 2.75) is 29.8 Å². The summed E-state index contributed by atoms with van der Waals surface area (Å²) in [7, 11) is 0. The Kier molecular flexibility index (Phi) is 38.7. The molecule has 1 aliphatic heterocycles. The van der Waals surface area contributed by atoms with Crippen molar-refractivity contribution in [3.8, 4) is 0 Å². The molecule has 0 amide bonds. The summed E-state index contributed by atoms with van der Waals surface area (Å²) in [5, 5.41) is 3.28. The van der Waals surface area contributed by atoms with Crippen molar-refractivity contribution in [3.63, 3.8) is 0 Å². The van der Waals surface area contributed by atoms with Crippen molar-refractivity contribution in [2.75, 3.05) is 0 Å². The molecule has 1 radical (unpaired) electrons. The van der Waals surface area contributed by atoms with Crippen molar-refractivity contribution < 1.29 is 61.0 Å². The molecule has 0 N–H and O–H groups in total. The van der Waals surface area contributed by atoms with Gasteiger partial charge in [-0.1, -0.05) is 29.8 Å². The SMILES string of the molecule is C1C[CH2][AlH][CH2]C1.[F-].[F-].[F-].[Yb+3]. The summed E-state index contributed by atoms with van der Waals surface area (Å²) in [5.41, 5.74) is 0. The van der Waals surface area contributed by atoms with Gasteiger partial charge in [-0.15, -0.1) is 0 Å². The van der Waals surface area contributed by atoms with Crippen LogP contribution in [0.1, 0.15) is 19.3 Å². The minimum Gasteiger partial charge on any atom is -1.00 e. The average Bonchev–Trinajstić information content (AvgIpc) is 1.72. The van der Waals surface area contributed by atoms with Gasteiger partial charge in [-0.05, 0) is 0 Å². The van der Waals surface area contributed by atoms with E-state index in [4.69, 9.17) is 0 Å². The third kappa shape index (κ3) is 12.5. The molecule has 0 nitrogen and oxygen atoms in total. The number of halogens is 3. The minimum absolute atomic E-state index is 0. The molecule has 0 aliphatic carbocycles. The van der Waals surface area contributed by atoms with Gasteiger partial charge in [0.25, 0.3) is 0 Å². The van der Waals surface area contributed by atoms with Crippen molar-refractivity contribution in [1.82, 2.24) is 0 Å². The first-order valence-electron chi connectivity index (χ1n) is 3.00. The van der Waals surface area contributed by atoms with Gasteiger partial charge in [-0.3, -0.25) is 0 Å². The third-order valence-corrected chi connectivity index (χ3v) is 3.50. The van der Waals surface area contributed by atoms with E-state index in [0.717, 1.165) is 0 Å². The van der Waals surface area contributed by atoms with E-state index in [0.29, 0.717) is 15.2 Å². The fraction of sp³-hybridized carbons (Fsp3) is 1.00. The maximum Gasteiger partial charge on any atom is 3.00 e. The molecule has 1 fully saturated rings. The van der Waals surface area contributed by atoms with Crippen molar-refractivity contribution in [3.05, 3.63) is 0 Å². The Balaban J connectivity index is -0.0000000450. The first-order chi connectivity index (χ1) is 3.00. The van der Waals surface area contributed by atoms with Crippen LogP contribution in [0.15, 0.2) is 0 Å². The van der Waals surface area contributed by atoms with Gasteiger partial charge in [0.2, 0.25) is 15.2 Å². The Bertz CT molecular complexity index is 32.4. The zero-order chi connectivity index (χ0) is 4.24. The second-order valence-electron chi connectivity index (χ2n) is 2.12. The quantitative estimate of drug-likeness (QED) is 0.388. The van der Waals surface area contributed by atoms with Crippen LogP contribution in [0.4, 0.5) is 0 Å². The third-order valence-electron chi connectivity index (χ3n) is 1.50. The van der Waals surface area contributed by atoms with Crippen LogP contribution in [-0.2, 0) is 0 Å². The predicted octanol–water partition coefficient (Wildman–Crippen LogP) is -7.54. The van der Waals surface area contributed by atoms with E-state index >= 15 is 0 Å². The molecule has 69 valence electrons. The van der Waals surface area contributed by atoms with E-state index in [1.165, 1.54) is 6.42 Å². The van der Waals surface area contributed by atoms with Crippen LogP contribution < -0.4 is 14.1 Å². The molecule has 0 aromatic rings. The van der Waals surface area contributed by atoms with Gasteiger partial charge in [0.15, 0.2) is 0 Å². The van der Waals surface area contributed by atoms with Crippen molar-refractivity contribution >= 4 is 15.2 Å². The zero-order valence-corrected chi connectivity index (χ0v) is 8.77. The van der Waals surface area contributed by atoms with E-state index in [-0.39, 0.29) is 61.0 Å².